The largest absolute Gasteiger partial charge is 0.384 e. The van der Waals surface area contributed by atoms with Crippen molar-refractivity contribution < 1.29 is 0 Å². The SMILES string of the molecule is N[C@H]1CCCC[C@H]1CNc1cc(Br)cc2[nH]ncc12. The molecule has 2 aromatic rings. The number of anilines is 1. The second-order valence-corrected chi connectivity index (χ2v) is 6.29. The molecule has 1 heterocycles. The molecule has 1 aromatic carbocycles. The molecule has 0 amide bonds. The number of nitrogens with one attached hydrogen (secondary N) is 2. The van der Waals surface area contributed by atoms with Gasteiger partial charge in [-0.1, -0.05) is 28.8 Å². The van der Waals surface area contributed by atoms with Gasteiger partial charge >= 0.3 is 0 Å². The van der Waals surface area contributed by atoms with Gasteiger partial charge in [0.25, 0.3) is 0 Å². The summed E-state index contributed by atoms with van der Waals surface area (Å²) < 4.78 is 1.06. The van der Waals surface area contributed by atoms with Crippen LogP contribution in [0, 0.1) is 5.92 Å². The molecule has 4 nitrogen and oxygen atoms in total. The molecule has 19 heavy (non-hydrogen) atoms. The number of hydrogen-bond donors (Lipinski definition) is 3. The van der Waals surface area contributed by atoms with Gasteiger partial charge in [-0.3, -0.25) is 5.10 Å². The standard InChI is InChI=1S/C14H19BrN4/c15-10-5-13(11-8-18-19-14(11)6-10)17-7-9-3-1-2-4-12(9)16/h5-6,8-9,12,17H,1-4,7,16H2,(H,18,19)/t9-,12-/m0/s1. The summed E-state index contributed by atoms with van der Waals surface area (Å²) >= 11 is 3.53. The predicted molar refractivity (Wildman–Crippen MR) is 82.2 cm³/mol. The summed E-state index contributed by atoms with van der Waals surface area (Å²) in [7, 11) is 0. The summed E-state index contributed by atoms with van der Waals surface area (Å²) in [5, 5.41) is 11.8. The molecule has 1 fully saturated rings. The third-order valence-electron chi connectivity index (χ3n) is 4.05. The fourth-order valence-electron chi connectivity index (χ4n) is 2.89. The molecular formula is C14H19BrN4. The van der Waals surface area contributed by atoms with Gasteiger partial charge in [0.15, 0.2) is 0 Å². The first-order valence-corrected chi connectivity index (χ1v) is 7.65. The minimum absolute atomic E-state index is 0.341. The average molecular weight is 323 g/mol. The van der Waals surface area contributed by atoms with Crippen LogP contribution in [0.1, 0.15) is 25.7 Å². The molecule has 1 aliphatic rings. The van der Waals surface area contributed by atoms with Crippen LogP contribution in [0.5, 0.6) is 0 Å². The lowest BCUT2D eigenvalue weighted by Crippen LogP contribution is -2.37. The lowest BCUT2D eigenvalue weighted by Gasteiger charge is -2.29. The predicted octanol–water partition coefficient (Wildman–Crippen LogP) is 3.25. The molecule has 1 saturated carbocycles. The molecule has 0 aliphatic heterocycles. The van der Waals surface area contributed by atoms with Crippen LogP contribution in [0.15, 0.2) is 22.8 Å². The van der Waals surface area contributed by atoms with Gasteiger partial charge < -0.3 is 11.1 Å². The van der Waals surface area contributed by atoms with Crippen molar-refractivity contribution in [2.24, 2.45) is 11.7 Å². The number of aromatic amines is 1. The number of aromatic nitrogens is 2. The van der Waals surface area contributed by atoms with Crippen LogP contribution in [0.4, 0.5) is 5.69 Å². The number of H-pyrrole nitrogens is 1. The summed E-state index contributed by atoms with van der Waals surface area (Å²) in [6.07, 6.45) is 6.84. The Labute approximate surface area is 121 Å². The summed E-state index contributed by atoms with van der Waals surface area (Å²) in [4.78, 5) is 0. The van der Waals surface area contributed by atoms with Crippen molar-refractivity contribution in [1.29, 1.82) is 0 Å². The smallest absolute Gasteiger partial charge is 0.0682 e. The number of nitrogens with zero attached hydrogens (tertiary/aromatic N) is 1. The molecule has 0 radical (unpaired) electrons. The normalized spacial score (nSPS) is 23.7. The summed E-state index contributed by atoms with van der Waals surface area (Å²) in [6.45, 7) is 0.942. The highest BCUT2D eigenvalue weighted by Crippen LogP contribution is 2.28. The Balaban J connectivity index is 1.75. The third-order valence-corrected chi connectivity index (χ3v) is 4.50. The van der Waals surface area contributed by atoms with E-state index in [-0.39, 0.29) is 0 Å². The first-order valence-electron chi connectivity index (χ1n) is 6.86. The van der Waals surface area contributed by atoms with E-state index in [9.17, 15) is 0 Å². The zero-order valence-corrected chi connectivity index (χ0v) is 12.4. The van der Waals surface area contributed by atoms with Crippen LogP contribution in [-0.2, 0) is 0 Å². The number of benzene rings is 1. The van der Waals surface area contributed by atoms with Crippen LogP contribution < -0.4 is 11.1 Å². The molecule has 102 valence electrons. The van der Waals surface area contributed by atoms with Gasteiger partial charge in [0.05, 0.1) is 11.7 Å². The zero-order valence-electron chi connectivity index (χ0n) is 10.8. The minimum Gasteiger partial charge on any atom is -0.384 e. The molecule has 0 spiro atoms. The van der Waals surface area contributed by atoms with E-state index in [1.54, 1.807) is 0 Å². The molecule has 4 N–H and O–H groups in total. The van der Waals surface area contributed by atoms with Crippen molar-refractivity contribution in [1.82, 2.24) is 10.2 Å². The fraction of sp³-hybridized carbons (Fsp3) is 0.500. The van der Waals surface area contributed by atoms with Gasteiger partial charge in [0, 0.05) is 28.1 Å². The quantitative estimate of drug-likeness (QED) is 0.812. The molecule has 1 aliphatic carbocycles. The Morgan fingerprint density at radius 1 is 1.37 bits per heavy atom. The Kier molecular flexibility index (Phi) is 3.75. The van der Waals surface area contributed by atoms with Crippen LogP contribution in [0.25, 0.3) is 10.9 Å². The lowest BCUT2D eigenvalue weighted by molar-refractivity contribution is 0.321. The first kappa shape index (κ1) is 12.9. The second-order valence-electron chi connectivity index (χ2n) is 5.37. The molecule has 0 saturated heterocycles. The van der Waals surface area contributed by atoms with Crippen LogP contribution in [-0.4, -0.2) is 22.8 Å². The number of rotatable bonds is 3. The molecule has 2 atom stereocenters. The Morgan fingerprint density at radius 3 is 3.05 bits per heavy atom. The molecule has 0 unspecified atom stereocenters. The van der Waals surface area contributed by atoms with E-state index in [0.29, 0.717) is 12.0 Å². The van der Waals surface area contributed by atoms with E-state index in [0.717, 1.165) is 34.0 Å². The van der Waals surface area contributed by atoms with Crippen molar-refractivity contribution in [2.45, 2.75) is 31.7 Å². The molecular weight excluding hydrogens is 304 g/mol. The minimum atomic E-state index is 0.341. The van der Waals surface area contributed by atoms with E-state index in [1.165, 1.54) is 19.3 Å². The number of fused-ring (bicyclic) bond motifs is 1. The Morgan fingerprint density at radius 2 is 2.21 bits per heavy atom. The van der Waals surface area contributed by atoms with Crippen LogP contribution in [0.3, 0.4) is 0 Å². The Bertz CT molecular complexity index is 566. The van der Waals surface area contributed by atoms with E-state index in [1.807, 2.05) is 12.3 Å². The van der Waals surface area contributed by atoms with Crippen molar-refractivity contribution in [3.63, 3.8) is 0 Å². The highest BCUT2D eigenvalue weighted by molar-refractivity contribution is 9.10. The van der Waals surface area contributed by atoms with Crippen LogP contribution in [0.2, 0.25) is 0 Å². The molecule has 3 rings (SSSR count). The van der Waals surface area contributed by atoms with Gasteiger partial charge in [0.2, 0.25) is 0 Å². The van der Waals surface area contributed by atoms with Crippen molar-refractivity contribution in [2.75, 3.05) is 11.9 Å². The maximum absolute atomic E-state index is 6.20. The Hall–Kier alpha value is -1.07. The van der Waals surface area contributed by atoms with Gasteiger partial charge in [-0.05, 0) is 30.9 Å². The molecule has 0 bridgehead atoms. The van der Waals surface area contributed by atoms with Gasteiger partial charge in [-0.15, -0.1) is 0 Å². The highest BCUT2D eigenvalue weighted by Gasteiger charge is 2.21. The topological polar surface area (TPSA) is 66.7 Å². The first-order chi connectivity index (χ1) is 9.24. The summed E-state index contributed by atoms with van der Waals surface area (Å²) in [6, 6.07) is 4.49. The average Bonchev–Trinajstić information content (AvgIpc) is 2.85. The van der Waals surface area contributed by atoms with Crippen molar-refractivity contribution in [3.8, 4) is 0 Å². The number of hydrogen-bond acceptors (Lipinski definition) is 3. The van der Waals surface area contributed by atoms with E-state index in [2.05, 4.69) is 37.5 Å². The zero-order chi connectivity index (χ0) is 13.2. The van der Waals surface area contributed by atoms with Crippen molar-refractivity contribution >= 4 is 32.5 Å². The number of nitrogens with two attached hydrogens (primary N) is 1. The maximum Gasteiger partial charge on any atom is 0.0682 e. The van der Waals surface area contributed by atoms with E-state index in [4.69, 9.17) is 5.73 Å². The molecule has 1 aromatic heterocycles. The monoisotopic (exact) mass is 322 g/mol. The van der Waals surface area contributed by atoms with Crippen LogP contribution >= 0.6 is 15.9 Å². The van der Waals surface area contributed by atoms with E-state index < -0.39 is 0 Å². The molecule has 5 heteroatoms. The lowest BCUT2D eigenvalue weighted by atomic mass is 9.85. The van der Waals surface area contributed by atoms with Gasteiger partial charge in [-0.25, -0.2) is 0 Å². The van der Waals surface area contributed by atoms with E-state index >= 15 is 0 Å². The third kappa shape index (κ3) is 2.77. The van der Waals surface area contributed by atoms with Gasteiger partial charge in [-0.2, -0.15) is 5.10 Å². The highest BCUT2D eigenvalue weighted by atomic mass is 79.9. The fourth-order valence-corrected chi connectivity index (χ4v) is 3.35. The maximum atomic E-state index is 6.20. The number of halogens is 1. The summed E-state index contributed by atoms with van der Waals surface area (Å²) in [5.41, 5.74) is 8.37. The second kappa shape index (κ2) is 5.51. The van der Waals surface area contributed by atoms with Gasteiger partial charge in [0.1, 0.15) is 0 Å². The summed E-state index contributed by atoms with van der Waals surface area (Å²) in [5.74, 6) is 0.578. The van der Waals surface area contributed by atoms with Crippen molar-refractivity contribution in [3.05, 3.63) is 22.8 Å².